The molecule has 1 N–H and O–H groups in total. The Bertz CT molecular complexity index is 869. The summed E-state index contributed by atoms with van der Waals surface area (Å²) >= 11 is 0. The predicted octanol–water partition coefficient (Wildman–Crippen LogP) is 3.63. The Morgan fingerprint density at radius 1 is 1.16 bits per heavy atom. The number of hydrogen-bond donors (Lipinski definition) is 1. The zero-order chi connectivity index (χ0) is 23.9. The van der Waals surface area contributed by atoms with Gasteiger partial charge in [-0.15, -0.1) is 0 Å². The van der Waals surface area contributed by atoms with Crippen molar-refractivity contribution in [3.05, 3.63) is 29.8 Å². The summed E-state index contributed by atoms with van der Waals surface area (Å²) in [5, 5.41) is 2.59. The lowest BCUT2D eigenvalue weighted by atomic mass is 9.92. The standard InChI is InChI=1S/C23H36N2O6S/c1-17-8-10-20(11-9-17)32(28,29)30-16-6-7-19-12-14-25(15-13-19)21(26)18(2)24-22(27)31-23(3,4)5/h8-11,18-19H,6-7,12-16H2,1-5H3,(H,24,27)/t18-/m1/s1. The molecule has 1 saturated heterocycles. The molecule has 0 aliphatic carbocycles. The van der Waals surface area contributed by atoms with Crippen molar-refractivity contribution in [2.24, 2.45) is 5.92 Å². The molecule has 2 amide bonds. The average Bonchev–Trinajstić information content (AvgIpc) is 2.70. The van der Waals surface area contributed by atoms with Gasteiger partial charge in [0.2, 0.25) is 5.91 Å². The number of aryl methyl sites for hydroxylation is 1. The quantitative estimate of drug-likeness (QED) is 0.462. The van der Waals surface area contributed by atoms with Crippen molar-refractivity contribution in [1.82, 2.24) is 10.2 Å². The van der Waals surface area contributed by atoms with E-state index in [4.69, 9.17) is 8.92 Å². The van der Waals surface area contributed by atoms with Crippen LogP contribution in [0.1, 0.15) is 58.9 Å². The second-order valence-electron chi connectivity index (χ2n) is 9.37. The summed E-state index contributed by atoms with van der Waals surface area (Å²) in [6.07, 6.45) is 2.57. The smallest absolute Gasteiger partial charge is 0.408 e. The Morgan fingerprint density at radius 2 is 1.75 bits per heavy atom. The van der Waals surface area contributed by atoms with Gasteiger partial charge in [0.1, 0.15) is 11.6 Å². The van der Waals surface area contributed by atoms with Gasteiger partial charge in [-0.1, -0.05) is 17.7 Å². The third kappa shape index (κ3) is 8.43. The molecule has 1 atom stereocenters. The van der Waals surface area contributed by atoms with Gasteiger partial charge in [0.15, 0.2) is 0 Å². The first kappa shape index (κ1) is 26.1. The van der Waals surface area contributed by atoms with E-state index in [1.807, 2.05) is 6.92 Å². The topological polar surface area (TPSA) is 102 Å². The molecule has 1 aromatic rings. The van der Waals surface area contributed by atoms with Crippen LogP contribution >= 0.6 is 0 Å². The van der Waals surface area contributed by atoms with E-state index >= 15 is 0 Å². The predicted molar refractivity (Wildman–Crippen MR) is 122 cm³/mol. The fourth-order valence-electron chi connectivity index (χ4n) is 3.58. The van der Waals surface area contributed by atoms with Gasteiger partial charge in [0.05, 0.1) is 11.5 Å². The fraction of sp³-hybridized carbons (Fsp3) is 0.652. The highest BCUT2D eigenvalue weighted by Crippen LogP contribution is 2.23. The SMILES string of the molecule is Cc1ccc(S(=O)(=O)OCCCC2CCN(C(=O)[C@@H](C)NC(=O)OC(C)(C)C)CC2)cc1. The maximum atomic E-state index is 12.6. The van der Waals surface area contributed by atoms with E-state index in [0.29, 0.717) is 25.4 Å². The molecule has 9 heteroatoms. The highest BCUT2D eigenvalue weighted by atomic mass is 32.2. The van der Waals surface area contributed by atoms with Crippen LogP contribution in [-0.2, 0) is 23.8 Å². The number of carbonyl (C=O) groups is 2. The summed E-state index contributed by atoms with van der Waals surface area (Å²) in [4.78, 5) is 26.4. The van der Waals surface area contributed by atoms with Crippen molar-refractivity contribution >= 4 is 22.1 Å². The van der Waals surface area contributed by atoms with Gasteiger partial charge in [0, 0.05) is 13.1 Å². The van der Waals surface area contributed by atoms with E-state index in [-0.39, 0.29) is 17.4 Å². The molecule has 1 aliphatic rings. The number of piperidine rings is 1. The van der Waals surface area contributed by atoms with Crippen LogP contribution in [0.2, 0.25) is 0 Å². The molecule has 0 aromatic heterocycles. The minimum absolute atomic E-state index is 0.123. The van der Waals surface area contributed by atoms with Crippen molar-refractivity contribution in [1.29, 1.82) is 0 Å². The zero-order valence-electron chi connectivity index (χ0n) is 19.7. The van der Waals surface area contributed by atoms with Crippen LogP contribution in [-0.4, -0.2) is 56.7 Å². The molecule has 1 heterocycles. The van der Waals surface area contributed by atoms with Crippen molar-refractivity contribution in [3.63, 3.8) is 0 Å². The molecule has 0 radical (unpaired) electrons. The number of carbonyl (C=O) groups excluding carboxylic acids is 2. The number of hydrogen-bond acceptors (Lipinski definition) is 6. The molecule has 1 fully saturated rings. The van der Waals surface area contributed by atoms with E-state index < -0.39 is 27.9 Å². The summed E-state index contributed by atoms with van der Waals surface area (Å²) in [5.41, 5.74) is 0.373. The first-order valence-corrected chi connectivity index (χ1v) is 12.5. The normalized spacial score (nSPS) is 16.5. The Balaban J connectivity index is 1.69. The summed E-state index contributed by atoms with van der Waals surface area (Å²) < 4.78 is 34.8. The molecule has 0 spiro atoms. The highest BCUT2D eigenvalue weighted by Gasteiger charge is 2.28. The summed E-state index contributed by atoms with van der Waals surface area (Å²) in [6, 6.07) is 5.94. The molecule has 1 aromatic carbocycles. The van der Waals surface area contributed by atoms with E-state index in [2.05, 4.69) is 5.32 Å². The number of ether oxygens (including phenoxy) is 1. The van der Waals surface area contributed by atoms with Crippen LogP contribution < -0.4 is 5.32 Å². The Hall–Kier alpha value is -2.13. The molecular formula is C23H36N2O6S. The second kappa shape index (κ2) is 11.1. The van der Waals surface area contributed by atoms with Crippen LogP contribution in [0.3, 0.4) is 0 Å². The van der Waals surface area contributed by atoms with Gasteiger partial charge in [-0.05, 0) is 78.4 Å². The van der Waals surface area contributed by atoms with E-state index in [1.54, 1.807) is 56.9 Å². The first-order valence-electron chi connectivity index (χ1n) is 11.1. The molecule has 0 unspecified atom stereocenters. The molecule has 180 valence electrons. The van der Waals surface area contributed by atoms with Gasteiger partial charge in [-0.25, -0.2) is 4.79 Å². The molecule has 2 rings (SSSR count). The minimum Gasteiger partial charge on any atom is -0.444 e. The average molecular weight is 469 g/mol. The summed E-state index contributed by atoms with van der Waals surface area (Å²) in [5.74, 6) is 0.292. The van der Waals surface area contributed by atoms with Gasteiger partial charge in [-0.2, -0.15) is 8.42 Å². The number of benzene rings is 1. The van der Waals surface area contributed by atoms with Crippen molar-refractivity contribution < 1.29 is 26.9 Å². The monoisotopic (exact) mass is 468 g/mol. The van der Waals surface area contributed by atoms with E-state index in [1.165, 1.54) is 0 Å². The highest BCUT2D eigenvalue weighted by molar-refractivity contribution is 7.86. The van der Waals surface area contributed by atoms with Crippen molar-refractivity contribution in [3.8, 4) is 0 Å². The number of alkyl carbamates (subject to hydrolysis) is 1. The maximum absolute atomic E-state index is 12.6. The fourth-order valence-corrected chi connectivity index (χ4v) is 4.52. The third-order valence-electron chi connectivity index (χ3n) is 5.33. The van der Waals surface area contributed by atoms with Gasteiger partial charge in [0.25, 0.3) is 10.1 Å². The molecule has 0 bridgehead atoms. The van der Waals surface area contributed by atoms with Crippen LogP contribution in [0, 0.1) is 12.8 Å². The van der Waals surface area contributed by atoms with Crippen LogP contribution in [0.5, 0.6) is 0 Å². The second-order valence-corrected chi connectivity index (χ2v) is 11.0. The number of rotatable bonds is 8. The number of likely N-dealkylation sites (tertiary alicyclic amines) is 1. The lowest BCUT2D eigenvalue weighted by Gasteiger charge is -2.34. The minimum atomic E-state index is -3.73. The Kier molecular flexibility index (Phi) is 9.09. The van der Waals surface area contributed by atoms with Crippen LogP contribution in [0.4, 0.5) is 4.79 Å². The van der Waals surface area contributed by atoms with Gasteiger partial charge < -0.3 is 15.0 Å². The number of nitrogens with one attached hydrogen (secondary N) is 1. The molecule has 8 nitrogen and oxygen atoms in total. The van der Waals surface area contributed by atoms with E-state index in [9.17, 15) is 18.0 Å². The molecule has 32 heavy (non-hydrogen) atoms. The summed E-state index contributed by atoms with van der Waals surface area (Å²) in [6.45, 7) is 10.2. The van der Waals surface area contributed by atoms with Crippen LogP contribution in [0.25, 0.3) is 0 Å². The lowest BCUT2D eigenvalue weighted by Crippen LogP contribution is -2.50. The lowest BCUT2D eigenvalue weighted by molar-refractivity contribution is -0.134. The van der Waals surface area contributed by atoms with Crippen molar-refractivity contribution in [2.45, 2.75) is 76.8 Å². The zero-order valence-corrected chi connectivity index (χ0v) is 20.5. The van der Waals surface area contributed by atoms with E-state index in [0.717, 1.165) is 24.8 Å². The Labute approximate surface area is 191 Å². The molecule has 1 aliphatic heterocycles. The number of nitrogens with zero attached hydrogens (tertiary/aromatic N) is 1. The first-order chi connectivity index (χ1) is 14.9. The largest absolute Gasteiger partial charge is 0.444 e. The third-order valence-corrected chi connectivity index (χ3v) is 6.66. The van der Waals surface area contributed by atoms with Gasteiger partial charge >= 0.3 is 6.09 Å². The van der Waals surface area contributed by atoms with Crippen LogP contribution in [0.15, 0.2) is 29.2 Å². The Morgan fingerprint density at radius 3 is 2.31 bits per heavy atom. The number of amides is 2. The van der Waals surface area contributed by atoms with Gasteiger partial charge in [-0.3, -0.25) is 8.98 Å². The summed E-state index contributed by atoms with van der Waals surface area (Å²) in [7, 11) is -3.73. The van der Waals surface area contributed by atoms with Crippen molar-refractivity contribution in [2.75, 3.05) is 19.7 Å². The molecule has 0 saturated carbocycles. The molecular weight excluding hydrogens is 432 g/mol. The maximum Gasteiger partial charge on any atom is 0.408 e.